The summed E-state index contributed by atoms with van der Waals surface area (Å²) in [5, 5.41) is 7.57. The van der Waals surface area contributed by atoms with Gasteiger partial charge >= 0.3 is 6.18 Å². The maximum absolute atomic E-state index is 11.8. The first-order valence-electron chi connectivity index (χ1n) is 5.74. The molecular formula is C13H20F3NO2. The molecule has 0 heterocycles. The molecule has 6 heteroatoms. The summed E-state index contributed by atoms with van der Waals surface area (Å²) in [7, 11) is 1.50. The molecule has 110 valence electrons. The highest BCUT2D eigenvalue weighted by molar-refractivity contribution is 5.84. The van der Waals surface area contributed by atoms with Crippen LogP contribution in [0.3, 0.4) is 0 Å². The lowest BCUT2D eigenvalue weighted by Gasteiger charge is -2.04. The number of nitrogens with two attached hydrogens (primary N) is 1. The van der Waals surface area contributed by atoms with Gasteiger partial charge in [-0.1, -0.05) is 30.3 Å². The third kappa shape index (κ3) is 11.4. The number of alkyl halides is 3. The molecule has 0 amide bonds. The van der Waals surface area contributed by atoms with Crippen molar-refractivity contribution in [3.05, 3.63) is 35.9 Å². The van der Waals surface area contributed by atoms with E-state index in [1.165, 1.54) is 7.05 Å². The van der Waals surface area contributed by atoms with Crippen molar-refractivity contribution in [1.82, 2.24) is 0 Å². The second-order valence-corrected chi connectivity index (χ2v) is 3.22. The molecule has 0 unspecified atom stereocenters. The van der Waals surface area contributed by atoms with Crippen LogP contribution in [0.5, 0.6) is 0 Å². The molecule has 0 aromatic heterocycles. The van der Waals surface area contributed by atoms with Gasteiger partial charge in [0, 0.05) is 13.0 Å². The van der Waals surface area contributed by atoms with E-state index in [4.69, 9.17) is 5.11 Å². The molecule has 1 rings (SSSR count). The van der Waals surface area contributed by atoms with E-state index in [1.807, 2.05) is 0 Å². The van der Waals surface area contributed by atoms with Gasteiger partial charge in [0.05, 0.1) is 0 Å². The summed E-state index contributed by atoms with van der Waals surface area (Å²) in [6, 6.07) is 8.63. The molecule has 1 aromatic carbocycles. The SMILES string of the molecule is CCO.CN.O=C(CCc1ccccc1)C(F)(F)F. The van der Waals surface area contributed by atoms with Crippen molar-refractivity contribution in [3.8, 4) is 0 Å². The van der Waals surface area contributed by atoms with Crippen molar-refractivity contribution < 1.29 is 23.1 Å². The third-order valence-electron chi connectivity index (χ3n) is 1.80. The van der Waals surface area contributed by atoms with Gasteiger partial charge in [0.2, 0.25) is 5.78 Å². The first kappa shape index (κ1) is 19.9. The van der Waals surface area contributed by atoms with Crippen LogP contribution in [-0.2, 0) is 11.2 Å². The summed E-state index contributed by atoms with van der Waals surface area (Å²) in [6.45, 7) is 1.93. The predicted octanol–water partition coefficient (Wildman–Crippen LogP) is 2.32. The number of halogens is 3. The lowest BCUT2D eigenvalue weighted by atomic mass is 10.1. The average molecular weight is 279 g/mol. The number of hydrogen-bond donors (Lipinski definition) is 2. The van der Waals surface area contributed by atoms with Crippen molar-refractivity contribution in [2.45, 2.75) is 25.9 Å². The minimum atomic E-state index is -4.70. The molecule has 0 aliphatic rings. The highest BCUT2D eigenvalue weighted by Crippen LogP contribution is 2.18. The molecule has 0 radical (unpaired) electrons. The van der Waals surface area contributed by atoms with E-state index in [1.54, 1.807) is 37.3 Å². The summed E-state index contributed by atoms with van der Waals surface area (Å²) in [6.07, 6.45) is -5.04. The van der Waals surface area contributed by atoms with E-state index in [2.05, 4.69) is 5.73 Å². The Balaban J connectivity index is 0. The van der Waals surface area contributed by atoms with Crippen LogP contribution in [0, 0.1) is 0 Å². The Morgan fingerprint density at radius 3 is 2.00 bits per heavy atom. The Bertz CT molecular complexity index is 326. The summed E-state index contributed by atoms with van der Waals surface area (Å²) in [5.74, 6) is -1.67. The summed E-state index contributed by atoms with van der Waals surface area (Å²) >= 11 is 0. The molecule has 3 N–H and O–H groups in total. The second kappa shape index (κ2) is 11.7. The summed E-state index contributed by atoms with van der Waals surface area (Å²) < 4.78 is 35.4. The van der Waals surface area contributed by atoms with Gasteiger partial charge in [-0.15, -0.1) is 0 Å². The van der Waals surface area contributed by atoms with Crippen molar-refractivity contribution >= 4 is 5.78 Å². The highest BCUT2D eigenvalue weighted by atomic mass is 19.4. The Morgan fingerprint density at radius 2 is 1.63 bits per heavy atom. The van der Waals surface area contributed by atoms with Crippen LogP contribution >= 0.6 is 0 Å². The molecule has 0 fully saturated rings. The lowest BCUT2D eigenvalue weighted by molar-refractivity contribution is -0.171. The van der Waals surface area contributed by atoms with Crippen LogP contribution < -0.4 is 5.73 Å². The number of benzene rings is 1. The maximum atomic E-state index is 11.8. The largest absolute Gasteiger partial charge is 0.449 e. The molecule has 0 aliphatic heterocycles. The first-order chi connectivity index (χ1) is 8.91. The first-order valence-corrected chi connectivity index (χ1v) is 5.74. The number of Topliss-reactive ketones (excluding diaryl/α,β-unsaturated/α-hetero) is 1. The van der Waals surface area contributed by atoms with Crippen LogP contribution in [0.4, 0.5) is 13.2 Å². The molecule has 19 heavy (non-hydrogen) atoms. The Kier molecular flexibility index (Phi) is 12.2. The zero-order chi connectivity index (χ0) is 15.3. The fourth-order valence-corrected chi connectivity index (χ4v) is 1.04. The van der Waals surface area contributed by atoms with Crippen LogP contribution in [-0.4, -0.2) is 30.7 Å². The van der Waals surface area contributed by atoms with Crippen LogP contribution in [0.1, 0.15) is 18.9 Å². The minimum absolute atomic E-state index is 0.138. The van der Waals surface area contributed by atoms with Gasteiger partial charge in [-0.2, -0.15) is 13.2 Å². The van der Waals surface area contributed by atoms with Crippen molar-refractivity contribution in [2.24, 2.45) is 5.73 Å². The monoisotopic (exact) mass is 279 g/mol. The zero-order valence-corrected chi connectivity index (χ0v) is 11.1. The number of aliphatic hydroxyl groups is 1. The molecule has 0 saturated carbocycles. The average Bonchev–Trinajstić information content (AvgIpc) is 2.39. The number of carbonyl (C=O) groups is 1. The van der Waals surface area contributed by atoms with E-state index in [0.29, 0.717) is 0 Å². The number of carbonyl (C=O) groups excluding carboxylic acids is 1. The molecule has 0 saturated heterocycles. The van der Waals surface area contributed by atoms with Crippen molar-refractivity contribution in [1.29, 1.82) is 0 Å². The van der Waals surface area contributed by atoms with Crippen LogP contribution in [0.25, 0.3) is 0 Å². The molecule has 1 aromatic rings. The number of aliphatic hydroxyl groups excluding tert-OH is 1. The summed E-state index contributed by atoms with van der Waals surface area (Å²) in [4.78, 5) is 10.5. The topological polar surface area (TPSA) is 63.3 Å². The van der Waals surface area contributed by atoms with Crippen LogP contribution in [0.2, 0.25) is 0 Å². The second-order valence-electron chi connectivity index (χ2n) is 3.22. The van der Waals surface area contributed by atoms with E-state index >= 15 is 0 Å². The van der Waals surface area contributed by atoms with Gasteiger partial charge < -0.3 is 10.8 Å². The van der Waals surface area contributed by atoms with Crippen molar-refractivity contribution in [2.75, 3.05) is 13.7 Å². The highest BCUT2D eigenvalue weighted by Gasteiger charge is 2.37. The Morgan fingerprint density at radius 1 is 1.21 bits per heavy atom. The van der Waals surface area contributed by atoms with Gasteiger partial charge in [-0.05, 0) is 26.0 Å². The Hall–Kier alpha value is -1.40. The fraction of sp³-hybridized carbons (Fsp3) is 0.462. The standard InChI is InChI=1S/C10H9F3O.C2H6O.CH5N/c11-10(12,13)9(14)7-6-8-4-2-1-3-5-8;1-2-3;1-2/h1-5H,6-7H2;3H,2H2,1H3;2H2,1H3. The van der Waals surface area contributed by atoms with Gasteiger partial charge in [-0.25, -0.2) is 0 Å². The lowest BCUT2D eigenvalue weighted by Crippen LogP contribution is -2.22. The molecule has 0 aliphatic carbocycles. The summed E-state index contributed by atoms with van der Waals surface area (Å²) in [5.41, 5.74) is 5.24. The zero-order valence-electron chi connectivity index (χ0n) is 11.1. The molecular weight excluding hydrogens is 259 g/mol. The number of aryl methyl sites for hydroxylation is 1. The van der Waals surface area contributed by atoms with E-state index in [0.717, 1.165) is 5.56 Å². The Labute approximate surface area is 111 Å². The smallest absolute Gasteiger partial charge is 0.397 e. The predicted molar refractivity (Wildman–Crippen MR) is 68.7 cm³/mol. The number of rotatable bonds is 3. The molecule has 3 nitrogen and oxygen atoms in total. The molecule has 0 spiro atoms. The number of ketones is 1. The molecule has 0 bridgehead atoms. The van der Waals surface area contributed by atoms with E-state index in [-0.39, 0.29) is 13.0 Å². The number of hydrogen-bond acceptors (Lipinski definition) is 3. The normalized spacial score (nSPS) is 9.63. The molecule has 0 atom stereocenters. The van der Waals surface area contributed by atoms with Gasteiger partial charge in [0.25, 0.3) is 0 Å². The van der Waals surface area contributed by atoms with Crippen molar-refractivity contribution in [3.63, 3.8) is 0 Å². The van der Waals surface area contributed by atoms with Gasteiger partial charge in [-0.3, -0.25) is 4.79 Å². The van der Waals surface area contributed by atoms with E-state index in [9.17, 15) is 18.0 Å². The van der Waals surface area contributed by atoms with E-state index < -0.39 is 18.4 Å². The minimum Gasteiger partial charge on any atom is -0.397 e. The van der Waals surface area contributed by atoms with Gasteiger partial charge in [0.1, 0.15) is 0 Å². The third-order valence-corrected chi connectivity index (χ3v) is 1.80. The fourth-order valence-electron chi connectivity index (χ4n) is 1.04. The van der Waals surface area contributed by atoms with Crippen LogP contribution in [0.15, 0.2) is 30.3 Å². The van der Waals surface area contributed by atoms with Gasteiger partial charge in [0.15, 0.2) is 0 Å². The maximum Gasteiger partial charge on any atom is 0.449 e. The quantitative estimate of drug-likeness (QED) is 0.892.